The molecule has 2 aromatic carbocycles. The predicted octanol–water partition coefficient (Wildman–Crippen LogP) is 1.91. The number of nitrogens with one attached hydrogen (secondary N) is 1. The molecule has 2 aromatic rings. The topological polar surface area (TPSA) is 138 Å². The molecule has 0 aromatic heterocycles. The van der Waals surface area contributed by atoms with E-state index in [9.17, 15) is 27.9 Å². The molecule has 0 bridgehead atoms. The zero-order chi connectivity index (χ0) is 24.1. The van der Waals surface area contributed by atoms with Crippen molar-refractivity contribution in [3.8, 4) is 11.8 Å². The number of hydrogen-bond donors (Lipinski definition) is 3. The van der Waals surface area contributed by atoms with E-state index in [2.05, 4.69) is 10.1 Å². The van der Waals surface area contributed by atoms with Crippen LogP contribution in [0.3, 0.4) is 0 Å². The Kier molecular flexibility index (Phi) is 9.22. The van der Waals surface area contributed by atoms with Gasteiger partial charge in [-0.3, -0.25) is 9.59 Å². The molecule has 0 spiro atoms. The normalized spacial score (nSPS) is 16.4. The minimum atomic E-state index is -3.22. The van der Waals surface area contributed by atoms with Gasteiger partial charge in [-0.05, 0) is 35.9 Å². The first-order valence-electron chi connectivity index (χ1n) is 9.64. The van der Waals surface area contributed by atoms with E-state index in [0.29, 0.717) is 11.1 Å². The maximum absolute atomic E-state index is 13.8. The number of nitrogens with zero attached hydrogens (tertiary/aromatic N) is 2. The Bertz CT molecular complexity index is 1100. The van der Waals surface area contributed by atoms with E-state index in [1.54, 1.807) is 0 Å². The second-order valence-electron chi connectivity index (χ2n) is 6.89. The van der Waals surface area contributed by atoms with Crippen LogP contribution in [0.2, 0.25) is 0 Å². The number of morpholine rings is 1. The fourth-order valence-electron chi connectivity index (χ4n) is 3.27. The zero-order valence-corrected chi connectivity index (χ0v) is 18.2. The number of anilines is 2. The van der Waals surface area contributed by atoms with Gasteiger partial charge in [0.2, 0.25) is 0 Å². The number of aliphatic hydroxyl groups is 1. The average Bonchev–Trinajstić information content (AvgIpc) is 2.79. The van der Waals surface area contributed by atoms with Crippen molar-refractivity contribution in [1.82, 2.24) is 0 Å². The van der Waals surface area contributed by atoms with Crippen molar-refractivity contribution in [2.75, 3.05) is 23.4 Å². The van der Waals surface area contributed by atoms with Crippen molar-refractivity contribution in [3.05, 3.63) is 53.3 Å². The number of rotatable bonds is 7. The Labute approximate surface area is 198 Å². The summed E-state index contributed by atoms with van der Waals surface area (Å²) in [6, 6.07) is 8.90. The second-order valence-corrected chi connectivity index (χ2v) is 6.89. The number of carbonyl (C=O) groups excluding carboxylic acids is 2. The molecule has 1 aliphatic heterocycles. The lowest BCUT2D eigenvalue weighted by atomic mass is 10.1. The number of aliphatic hydroxyl groups excluding tert-OH is 1. The van der Waals surface area contributed by atoms with E-state index in [1.807, 2.05) is 6.07 Å². The average molecular weight is 501 g/mol. The standard InChI is InChI=1S/C21H19F3N4O5.ClH/c22-13-2-4-16(33-21(23)24)15(8-13)28-5-6-32-18(20(28)31)17(29)19(30)27-14-3-1-11(9-25)12(7-14)10-26;/h1-4,7-8,17-18,21,29H,5-6,10,26H2,(H,27,30);1H/t17-,18-;/m1./s1. The number of nitriles is 1. The Balaban J connectivity index is 0.00000408. The lowest BCUT2D eigenvalue weighted by Crippen LogP contribution is -2.55. The van der Waals surface area contributed by atoms with Crippen LogP contribution >= 0.6 is 12.4 Å². The SMILES string of the molecule is Cl.N#Cc1ccc(NC(=O)[C@H](O)[C@H]2OCCN(c3cc(F)ccc3OC(F)F)C2=O)cc1CN. The summed E-state index contributed by atoms with van der Waals surface area (Å²) in [5.74, 6) is -3.20. The fraction of sp³-hybridized carbons (Fsp3) is 0.286. The minimum absolute atomic E-state index is 0. The third-order valence-electron chi connectivity index (χ3n) is 4.82. The first kappa shape index (κ1) is 26.9. The molecule has 0 saturated carbocycles. The summed E-state index contributed by atoms with van der Waals surface area (Å²) in [7, 11) is 0. The Hall–Kier alpha value is -3.37. The number of carbonyl (C=O) groups is 2. The van der Waals surface area contributed by atoms with Crippen LogP contribution in [0, 0.1) is 17.1 Å². The molecule has 34 heavy (non-hydrogen) atoms. The van der Waals surface area contributed by atoms with Crippen LogP contribution in [-0.2, 0) is 20.9 Å². The number of benzene rings is 2. The van der Waals surface area contributed by atoms with Crippen LogP contribution in [0.5, 0.6) is 5.75 Å². The number of hydrogen-bond acceptors (Lipinski definition) is 7. The van der Waals surface area contributed by atoms with Gasteiger partial charge in [0.1, 0.15) is 11.6 Å². The van der Waals surface area contributed by atoms with Crippen molar-refractivity contribution < 1.29 is 37.3 Å². The third-order valence-corrected chi connectivity index (χ3v) is 4.82. The van der Waals surface area contributed by atoms with Gasteiger partial charge in [-0.1, -0.05) is 0 Å². The number of nitrogens with two attached hydrogens (primary N) is 1. The van der Waals surface area contributed by atoms with Crippen molar-refractivity contribution in [2.45, 2.75) is 25.4 Å². The van der Waals surface area contributed by atoms with Gasteiger partial charge >= 0.3 is 6.61 Å². The van der Waals surface area contributed by atoms with Crippen LogP contribution in [0.1, 0.15) is 11.1 Å². The van der Waals surface area contributed by atoms with E-state index >= 15 is 0 Å². The van der Waals surface area contributed by atoms with Crippen molar-refractivity contribution in [3.63, 3.8) is 0 Å². The molecule has 1 saturated heterocycles. The van der Waals surface area contributed by atoms with Crippen molar-refractivity contribution in [1.29, 1.82) is 5.26 Å². The number of ether oxygens (including phenoxy) is 2. The van der Waals surface area contributed by atoms with E-state index in [-0.39, 0.29) is 43.5 Å². The molecule has 13 heteroatoms. The van der Waals surface area contributed by atoms with Crippen LogP contribution in [0.25, 0.3) is 0 Å². The molecule has 4 N–H and O–H groups in total. The largest absolute Gasteiger partial charge is 0.433 e. The first-order valence-corrected chi connectivity index (χ1v) is 9.64. The van der Waals surface area contributed by atoms with E-state index in [4.69, 9.17) is 15.7 Å². The molecule has 9 nitrogen and oxygen atoms in total. The van der Waals surface area contributed by atoms with Gasteiger partial charge < -0.3 is 30.5 Å². The van der Waals surface area contributed by atoms with Crippen LogP contribution in [0.15, 0.2) is 36.4 Å². The third kappa shape index (κ3) is 5.95. The molecule has 0 unspecified atom stereocenters. The van der Waals surface area contributed by atoms with Gasteiger partial charge in [0.25, 0.3) is 11.8 Å². The van der Waals surface area contributed by atoms with Gasteiger partial charge in [-0.15, -0.1) is 12.4 Å². The zero-order valence-electron chi connectivity index (χ0n) is 17.4. The lowest BCUT2D eigenvalue weighted by Gasteiger charge is -2.34. The van der Waals surface area contributed by atoms with Gasteiger partial charge in [0.15, 0.2) is 12.2 Å². The van der Waals surface area contributed by atoms with Gasteiger partial charge in [0, 0.05) is 24.8 Å². The highest BCUT2D eigenvalue weighted by molar-refractivity contribution is 6.04. The number of halogens is 4. The Morgan fingerprint density at radius 1 is 1.35 bits per heavy atom. The van der Waals surface area contributed by atoms with Crippen LogP contribution < -0.4 is 20.7 Å². The van der Waals surface area contributed by atoms with Gasteiger partial charge in [0.05, 0.1) is 23.9 Å². The van der Waals surface area contributed by atoms with Gasteiger partial charge in [-0.2, -0.15) is 14.0 Å². The van der Waals surface area contributed by atoms with E-state index in [1.165, 1.54) is 18.2 Å². The lowest BCUT2D eigenvalue weighted by molar-refractivity contribution is -0.150. The highest BCUT2D eigenvalue weighted by atomic mass is 35.5. The van der Waals surface area contributed by atoms with Crippen LogP contribution in [-0.4, -0.2) is 48.9 Å². The summed E-state index contributed by atoms with van der Waals surface area (Å²) >= 11 is 0. The molecule has 1 fully saturated rings. The van der Waals surface area contributed by atoms with Crippen molar-refractivity contribution >= 4 is 35.6 Å². The molecular weight excluding hydrogens is 481 g/mol. The number of amides is 2. The maximum atomic E-state index is 13.8. The Morgan fingerprint density at radius 2 is 2.09 bits per heavy atom. The summed E-state index contributed by atoms with van der Waals surface area (Å²) in [5, 5.41) is 21.9. The smallest absolute Gasteiger partial charge is 0.387 e. The van der Waals surface area contributed by atoms with Gasteiger partial charge in [-0.25, -0.2) is 4.39 Å². The molecule has 182 valence electrons. The summed E-state index contributed by atoms with van der Waals surface area (Å²) in [4.78, 5) is 26.3. The van der Waals surface area contributed by atoms with Crippen LogP contribution in [0.4, 0.5) is 24.5 Å². The molecule has 0 radical (unpaired) electrons. The summed E-state index contributed by atoms with van der Waals surface area (Å²) in [5.41, 5.74) is 6.28. The molecule has 2 atom stereocenters. The van der Waals surface area contributed by atoms with E-state index in [0.717, 1.165) is 23.1 Å². The molecule has 1 aliphatic rings. The Morgan fingerprint density at radius 3 is 2.74 bits per heavy atom. The first-order chi connectivity index (χ1) is 15.7. The molecule has 0 aliphatic carbocycles. The van der Waals surface area contributed by atoms with E-state index < -0.39 is 42.2 Å². The minimum Gasteiger partial charge on any atom is -0.433 e. The molecule has 2 amide bonds. The molecule has 3 rings (SSSR count). The predicted molar refractivity (Wildman–Crippen MR) is 116 cm³/mol. The summed E-state index contributed by atoms with van der Waals surface area (Å²) in [6.45, 7) is -3.50. The summed E-state index contributed by atoms with van der Waals surface area (Å²) < 4.78 is 48.8. The fourth-order valence-corrected chi connectivity index (χ4v) is 3.27. The highest BCUT2D eigenvalue weighted by Crippen LogP contribution is 2.32. The summed E-state index contributed by atoms with van der Waals surface area (Å²) in [6.07, 6.45) is -3.67. The monoisotopic (exact) mass is 500 g/mol. The molecular formula is C21H20ClF3N4O5. The van der Waals surface area contributed by atoms with Crippen molar-refractivity contribution in [2.24, 2.45) is 5.73 Å². The maximum Gasteiger partial charge on any atom is 0.387 e. The quantitative estimate of drug-likeness (QED) is 0.528. The number of alkyl halides is 2. The second kappa shape index (κ2) is 11.7. The molecule has 1 heterocycles. The highest BCUT2D eigenvalue weighted by Gasteiger charge is 2.40.